The number of hydrogen-bond donors (Lipinski definition) is 3. The van der Waals surface area contributed by atoms with Crippen LogP contribution in [0, 0.1) is 3.57 Å². The number of nitrogens with zero attached hydrogens (tertiary/aromatic N) is 2. The molecule has 2 aromatic heterocycles. The Labute approximate surface area is 206 Å². The fourth-order valence-corrected chi connectivity index (χ4v) is 4.01. The lowest BCUT2D eigenvalue weighted by molar-refractivity contribution is -0.137. The first-order valence-electron chi connectivity index (χ1n) is 10.4. The number of carbonyl (C=O) groups is 1. The van der Waals surface area contributed by atoms with E-state index in [-0.39, 0.29) is 17.9 Å². The molecule has 2 aromatic carbocycles. The lowest BCUT2D eigenvalue weighted by atomic mass is 10.1. The van der Waals surface area contributed by atoms with Crippen LogP contribution < -0.4 is 10.6 Å². The number of aromatic nitrogens is 2. The Bertz CT molecular complexity index is 1340. The number of hydrogen-bond acceptors (Lipinski definition) is 4. The molecule has 0 atom stereocenters. The maximum absolute atomic E-state index is 12.9. The summed E-state index contributed by atoms with van der Waals surface area (Å²) in [5.74, 6) is 0.323. The van der Waals surface area contributed by atoms with Gasteiger partial charge in [-0.25, -0.2) is 4.52 Å². The van der Waals surface area contributed by atoms with Crippen molar-refractivity contribution >= 4 is 39.8 Å². The Balaban J connectivity index is 1.41. The minimum atomic E-state index is -4.50. The van der Waals surface area contributed by atoms with E-state index in [1.54, 1.807) is 22.8 Å². The highest BCUT2D eigenvalue weighted by atomic mass is 127. The number of benzene rings is 2. The van der Waals surface area contributed by atoms with E-state index in [4.69, 9.17) is 0 Å². The van der Waals surface area contributed by atoms with E-state index in [9.17, 15) is 23.1 Å². The number of anilines is 1. The minimum absolute atomic E-state index is 0.0361. The molecule has 0 saturated carbocycles. The van der Waals surface area contributed by atoms with Crippen LogP contribution >= 0.6 is 22.6 Å². The largest absolute Gasteiger partial charge is 0.507 e. The molecule has 0 radical (unpaired) electrons. The third-order valence-electron chi connectivity index (χ3n) is 5.18. The van der Waals surface area contributed by atoms with Gasteiger partial charge in [0.15, 0.2) is 0 Å². The van der Waals surface area contributed by atoms with Gasteiger partial charge in [0.1, 0.15) is 11.6 Å². The van der Waals surface area contributed by atoms with Crippen molar-refractivity contribution in [1.29, 1.82) is 0 Å². The lowest BCUT2D eigenvalue weighted by Gasteiger charge is -2.13. The predicted molar refractivity (Wildman–Crippen MR) is 132 cm³/mol. The summed E-state index contributed by atoms with van der Waals surface area (Å²) < 4.78 is 41.3. The van der Waals surface area contributed by atoms with E-state index in [0.717, 1.165) is 26.8 Å². The van der Waals surface area contributed by atoms with Gasteiger partial charge in [-0.15, -0.1) is 0 Å². The monoisotopic (exact) mass is 580 g/mol. The van der Waals surface area contributed by atoms with Crippen molar-refractivity contribution in [3.63, 3.8) is 0 Å². The average Bonchev–Trinajstić information content (AvgIpc) is 3.19. The number of rotatable bonds is 7. The normalized spacial score (nSPS) is 11.5. The van der Waals surface area contributed by atoms with Crippen molar-refractivity contribution in [2.75, 3.05) is 18.4 Å². The number of aromatic hydroxyl groups is 1. The van der Waals surface area contributed by atoms with Gasteiger partial charge in [0.05, 0.1) is 20.8 Å². The fourth-order valence-electron chi connectivity index (χ4n) is 3.50. The second-order valence-corrected chi connectivity index (χ2v) is 8.71. The molecule has 176 valence electrons. The quantitative estimate of drug-likeness (QED) is 0.198. The van der Waals surface area contributed by atoms with E-state index in [2.05, 4.69) is 38.3 Å². The van der Waals surface area contributed by atoms with Crippen LogP contribution in [0.3, 0.4) is 0 Å². The summed E-state index contributed by atoms with van der Waals surface area (Å²) in [5.41, 5.74) is 1.50. The lowest BCUT2D eigenvalue weighted by Crippen LogP contribution is -2.26. The molecule has 10 heteroatoms. The van der Waals surface area contributed by atoms with Gasteiger partial charge in [0.2, 0.25) is 0 Å². The first-order chi connectivity index (χ1) is 16.2. The van der Waals surface area contributed by atoms with Crippen LogP contribution in [0.1, 0.15) is 22.3 Å². The van der Waals surface area contributed by atoms with E-state index in [1.165, 1.54) is 12.1 Å². The van der Waals surface area contributed by atoms with Crippen LogP contribution in [0.25, 0.3) is 16.6 Å². The maximum Gasteiger partial charge on any atom is 0.416 e. The smallest absolute Gasteiger partial charge is 0.416 e. The first-order valence-corrected chi connectivity index (χ1v) is 11.5. The summed E-state index contributed by atoms with van der Waals surface area (Å²) in [6.45, 7) is 0.764. The molecular formula is C24H20F3IN4O2. The van der Waals surface area contributed by atoms with Gasteiger partial charge in [-0.3, -0.25) is 4.79 Å². The second kappa shape index (κ2) is 9.92. The molecule has 0 unspecified atom stereocenters. The molecule has 1 amide bonds. The molecule has 0 saturated heterocycles. The zero-order chi connectivity index (χ0) is 24.3. The summed E-state index contributed by atoms with van der Waals surface area (Å²) in [5, 5.41) is 20.6. The summed E-state index contributed by atoms with van der Waals surface area (Å²) in [6, 6.07) is 15.2. The summed E-state index contributed by atoms with van der Waals surface area (Å²) in [7, 11) is 0. The molecule has 4 rings (SSSR count). The topological polar surface area (TPSA) is 78.7 Å². The van der Waals surface area contributed by atoms with Gasteiger partial charge in [-0.05, 0) is 71.0 Å². The third-order valence-corrected chi connectivity index (χ3v) is 6.02. The zero-order valence-corrected chi connectivity index (χ0v) is 19.9. The molecule has 34 heavy (non-hydrogen) atoms. The van der Waals surface area contributed by atoms with Crippen LogP contribution in [-0.2, 0) is 6.18 Å². The number of halogens is 4. The first kappa shape index (κ1) is 23.9. The van der Waals surface area contributed by atoms with Crippen molar-refractivity contribution in [2.24, 2.45) is 0 Å². The van der Waals surface area contributed by atoms with E-state index in [0.29, 0.717) is 24.3 Å². The molecule has 4 aromatic rings. The highest BCUT2D eigenvalue weighted by molar-refractivity contribution is 14.1. The predicted octanol–water partition coefficient (Wildman–Crippen LogP) is 5.56. The third kappa shape index (κ3) is 5.27. The summed E-state index contributed by atoms with van der Waals surface area (Å²) >= 11 is 2.19. The molecule has 0 aliphatic carbocycles. The molecule has 2 heterocycles. The van der Waals surface area contributed by atoms with Crippen LogP contribution in [0.15, 0.2) is 66.9 Å². The van der Waals surface area contributed by atoms with E-state index >= 15 is 0 Å². The molecule has 0 spiro atoms. The van der Waals surface area contributed by atoms with Gasteiger partial charge in [-0.1, -0.05) is 24.3 Å². The number of phenolic OH excluding ortho intramolecular Hbond substituents is 1. The highest BCUT2D eigenvalue weighted by Crippen LogP contribution is 2.33. The Hall–Kier alpha value is -3.28. The molecule has 0 bridgehead atoms. The molecule has 0 aliphatic heterocycles. The van der Waals surface area contributed by atoms with Crippen LogP contribution in [0.2, 0.25) is 0 Å². The SMILES string of the molecule is O=C(NCCCNc1cc(-c2ccccc2O)cc2c(I)cnn12)c1cccc(C(F)(F)F)c1. The van der Waals surface area contributed by atoms with Crippen molar-refractivity contribution in [3.05, 3.63) is 81.6 Å². The van der Waals surface area contributed by atoms with Gasteiger partial charge >= 0.3 is 6.18 Å². The van der Waals surface area contributed by atoms with Crippen LogP contribution in [0.5, 0.6) is 5.75 Å². The van der Waals surface area contributed by atoms with E-state index < -0.39 is 17.6 Å². The van der Waals surface area contributed by atoms with Crippen LogP contribution in [0.4, 0.5) is 19.0 Å². The number of nitrogens with one attached hydrogen (secondary N) is 2. The van der Waals surface area contributed by atoms with Crippen LogP contribution in [-0.4, -0.2) is 33.7 Å². The standard InChI is InChI=1S/C24H20F3IN4O2/c25-24(26,27)17-6-3-5-15(11-17)23(34)30-10-4-9-29-22-13-16(18-7-1-2-8-21(18)33)12-20-19(28)14-31-32(20)22/h1-3,5-8,11-14,29,33H,4,9-10H2,(H,30,34). The van der Waals surface area contributed by atoms with E-state index in [1.807, 2.05) is 24.3 Å². The molecule has 0 fully saturated rings. The Kier molecular flexibility index (Phi) is 6.96. The fraction of sp³-hybridized carbons (Fsp3) is 0.167. The number of alkyl halides is 3. The minimum Gasteiger partial charge on any atom is -0.507 e. The number of fused-ring (bicyclic) bond motifs is 1. The van der Waals surface area contributed by atoms with Crippen molar-refractivity contribution in [3.8, 4) is 16.9 Å². The summed E-state index contributed by atoms with van der Waals surface area (Å²) in [6.07, 6.45) is -2.22. The highest BCUT2D eigenvalue weighted by Gasteiger charge is 2.30. The van der Waals surface area contributed by atoms with Crippen molar-refractivity contribution in [1.82, 2.24) is 14.9 Å². The number of carbonyl (C=O) groups excluding carboxylic acids is 1. The molecule has 6 nitrogen and oxygen atoms in total. The van der Waals surface area contributed by atoms with Gasteiger partial charge in [-0.2, -0.15) is 18.3 Å². The second-order valence-electron chi connectivity index (χ2n) is 7.55. The van der Waals surface area contributed by atoms with Gasteiger partial charge in [0, 0.05) is 24.2 Å². The number of phenols is 1. The van der Waals surface area contributed by atoms with Crippen molar-refractivity contribution < 1.29 is 23.1 Å². The Morgan fingerprint density at radius 3 is 2.62 bits per heavy atom. The van der Waals surface area contributed by atoms with Gasteiger partial charge in [0.25, 0.3) is 5.91 Å². The Morgan fingerprint density at radius 1 is 1.06 bits per heavy atom. The summed E-state index contributed by atoms with van der Waals surface area (Å²) in [4.78, 5) is 12.2. The number of para-hydroxylation sites is 1. The molecule has 3 N–H and O–H groups in total. The number of pyridine rings is 1. The van der Waals surface area contributed by atoms with Gasteiger partial charge < -0.3 is 15.7 Å². The Morgan fingerprint density at radius 2 is 1.85 bits per heavy atom. The molecular weight excluding hydrogens is 560 g/mol. The van der Waals surface area contributed by atoms with Crippen molar-refractivity contribution in [2.45, 2.75) is 12.6 Å². The number of amides is 1. The average molecular weight is 580 g/mol. The maximum atomic E-state index is 12.9. The molecule has 0 aliphatic rings. The zero-order valence-electron chi connectivity index (χ0n) is 17.7.